The van der Waals surface area contributed by atoms with Gasteiger partial charge in [0.15, 0.2) is 0 Å². The first-order valence-electron chi connectivity index (χ1n) is 3.70. The van der Waals surface area contributed by atoms with Crippen molar-refractivity contribution in [1.29, 1.82) is 0 Å². The van der Waals surface area contributed by atoms with Gasteiger partial charge < -0.3 is 0 Å². The molecule has 0 saturated carbocycles. The molecule has 1 nitrogen and oxygen atoms in total. The molecule has 5 heteroatoms. The quantitative estimate of drug-likeness (QED) is 0.807. The van der Waals surface area contributed by atoms with Gasteiger partial charge in [0.2, 0.25) is 5.78 Å². The predicted octanol–water partition coefficient (Wildman–Crippen LogP) is 3.78. The van der Waals surface area contributed by atoms with Gasteiger partial charge in [-0.05, 0) is 18.2 Å². The molecule has 1 aromatic carbocycles. The first-order chi connectivity index (χ1) is 6.35. The SMILES string of the molecule is CC(=O)C(F)(F)c1ccc(Br)cc1Cl. The van der Waals surface area contributed by atoms with Gasteiger partial charge in [-0.1, -0.05) is 27.5 Å². The summed E-state index contributed by atoms with van der Waals surface area (Å²) in [5, 5.41) is -0.125. The van der Waals surface area contributed by atoms with E-state index in [0.717, 1.165) is 13.0 Å². The minimum atomic E-state index is -3.52. The van der Waals surface area contributed by atoms with Crippen LogP contribution in [-0.4, -0.2) is 5.78 Å². The summed E-state index contributed by atoms with van der Waals surface area (Å²) in [6.07, 6.45) is 0. The number of alkyl halides is 2. The highest BCUT2D eigenvalue weighted by Gasteiger charge is 2.39. The van der Waals surface area contributed by atoms with Gasteiger partial charge in [0, 0.05) is 17.0 Å². The molecule has 1 aromatic rings. The standard InChI is InChI=1S/C9H6BrClF2O/c1-5(14)9(12,13)7-3-2-6(10)4-8(7)11/h2-4H,1H3. The topological polar surface area (TPSA) is 17.1 Å². The fourth-order valence-corrected chi connectivity index (χ4v) is 1.73. The van der Waals surface area contributed by atoms with Gasteiger partial charge in [0.05, 0.1) is 5.02 Å². The van der Waals surface area contributed by atoms with E-state index in [1.807, 2.05) is 0 Å². The molecule has 0 aliphatic rings. The minimum Gasteiger partial charge on any atom is -0.293 e. The van der Waals surface area contributed by atoms with E-state index in [9.17, 15) is 13.6 Å². The highest BCUT2D eigenvalue weighted by atomic mass is 79.9. The maximum absolute atomic E-state index is 13.2. The number of Topliss-reactive ketones (excluding diaryl/α,β-unsaturated/α-hetero) is 1. The van der Waals surface area contributed by atoms with E-state index in [1.165, 1.54) is 12.1 Å². The molecule has 0 fully saturated rings. The maximum atomic E-state index is 13.2. The number of carbonyl (C=O) groups excluding carboxylic acids is 1. The Morgan fingerprint density at radius 3 is 2.50 bits per heavy atom. The maximum Gasteiger partial charge on any atom is 0.331 e. The third-order valence-corrected chi connectivity index (χ3v) is 2.52. The lowest BCUT2D eigenvalue weighted by Gasteiger charge is -2.14. The molecule has 0 bridgehead atoms. The Morgan fingerprint density at radius 2 is 2.07 bits per heavy atom. The first-order valence-corrected chi connectivity index (χ1v) is 4.87. The molecule has 76 valence electrons. The number of hydrogen-bond donors (Lipinski definition) is 0. The average molecular weight is 283 g/mol. The lowest BCUT2D eigenvalue weighted by molar-refractivity contribution is -0.141. The number of hydrogen-bond acceptors (Lipinski definition) is 1. The minimum absolute atomic E-state index is 0.125. The third-order valence-electron chi connectivity index (χ3n) is 1.71. The summed E-state index contributed by atoms with van der Waals surface area (Å²) in [7, 11) is 0. The summed E-state index contributed by atoms with van der Waals surface area (Å²) in [6.45, 7) is 0.832. The molecule has 0 unspecified atom stereocenters. The Balaban J connectivity index is 3.26. The Kier molecular flexibility index (Phi) is 3.27. The molecular weight excluding hydrogens is 277 g/mol. The summed E-state index contributed by atoms with van der Waals surface area (Å²) in [4.78, 5) is 10.7. The number of carbonyl (C=O) groups is 1. The van der Waals surface area contributed by atoms with Crippen molar-refractivity contribution in [3.8, 4) is 0 Å². The molecule has 0 aromatic heterocycles. The van der Waals surface area contributed by atoms with Crippen LogP contribution in [0.1, 0.15) is 12.5 Å². The van der Waals surface area contributed by atoms with Crippen LogP contribution in [0, 0.1) is 0 Å². The zero-order valence-corrected chi connectivity index (χ0v) is 9.49. The van der Waals surface area contributed by atoms with E-state index in [-0.39, 0.29) is 5.02 Å². The fraction of sp³-hybridized carbons (Fsp3) is 0.222. The second kappa shape index (κ2) is 3.95. The molecule has 0 aliphatic carbocycles. The molecule has 14 heavy (non-hydrogen) atoms. The normalized spacial score (nSPS) is 11.5. The Morgan fingerprint density at radius 1 is 1.50 bits per heavy atom. The van der Waals surface area contributed by atoms with E-state index >= 15 is 0 Å². The summed E-state index contributed by atoms with van der Waals surface area (Å²) >= 11 is 8.68. The molecule has 1 rings (SSSR count). The highest BCUT2D eigenvalue weighted by molar-refractivity contribution is 9.10. The second-order valence-electron chi connectivity index (χ2n) is 2.75. The van der Waals surface area contributed by atoms with Gasteiger partial charge in [-0.3, -0.25) is 4.79 Å². The van der Waals surface area contributed by atoms with Crippen molar-refractivity contribution in [2.45, 2.75) is 12.8 Å². The molecule has 0 aliphatic heterocycles. The lowest BCUT2D eigenvalue weighted by atomic mass is 10.1. The van der Waals surface area contributed by atoms with E-state index in [2.05, 4.69) is 15.9 Å². The summed E-state index contributed by atoms with van der Waals surface area (Å²) < 4.78 is 27.0. The van der Waals surface area contributed by atoms with Crippen molar-refractivity contribution in [3.63, 3.8) is 0 Å². The van der Waals surface area contributed by atoms with Crippen molar-refractivity contribution in [1.82, 2.24) is 0 Å². The fourth-order valence-electron chi connectivity index (χ4n) is 0.934. The molecule has 0 heterocycles. The smallest absolute Gasteiger partial charge is 0.293 e. The van der Waals surface area contributed by atoms with Crippen LogP contribution in [0.3, 0.4) is 0 Å². The van der Waals surface area contributed by atoms with Gasteiger partial charge in [-0.2, -0.15) is 8.78 Å². The highest BCUT2D eigenvalue weighted by Crippen LogP contribution is 2.35. The van der Waals surface area contributed by atoms with Crippen LogP contribution < -0.4 is 0 Å². The predicted molar refractivity (Wildman–Crippen MR) is 53.7 cm³/mol. The van der Waals surface area contributed by atoms with Crippen molar-refractivity contribution in [2.75, 3.05) is 0 Å². The summed E-state index contributed by atoms with van der Waals surface area (Å²) in [5.74, 6) is -4.74. The molecule has 0 amide bonds. The summed E-state index contributed by atoms with van der Waals surface area (Å²) in [6, 6.07) is 3.87. The van der Waals surface area contributed by atoms with Crippen LogP contribution in [0.25, 0.3) is 0 Å². The molecule has 0 spiro atoms. The van der Waals surface area contributed by atoms with Crippen LogP contribution in [0.15, 0.2) is 22.7 Å². The molecule has 0 atom stereocenters. The third kappa shape index (κ3) is 2.12. The van der Waals surface area contributed by atoms with Gasteiger partial charge in [0.1, 0.15) is 0 Å². The Hall–Kier alpha value is -0.480. The first kappa shape index (κ1) is 11.6. The van der Waals surface area contributed by atoms with Crippen LogP contribution in [0.5, 0.6) is 0 Å². The van der Waals surface area contributed by atoms with Crippen LogP contribution in [-0.2, 0) is 10.7 Å². The lowest BCUT2D eigenvalue weighted by Crippen LogP contribution is -2.23. The summed E-state index contributed by atoms with van der Waals surface area (Å²) in [5.41, 5.74) is -0.463. The second-order valence-corrected chi connectivity index (χ2v) is 4.08. The van der Waals surface area contributed by atoms with E-state index in [4.69, 9.17) is 11.6 Å². The Bertz CT molecular complexity index is 379. The monoisotopic (exact) mass is 282 g/mol. The van der Waals surface area contributed by atoms with E-state index in [0.29, 0.717) is 4.47 Å². The zero-order valence-electron chi connectivity index (χ0n) is 7.15. The number of ketones is 1. The van der Waals surface area contributed by atoms with Crippen LogP contribution in [0.2, 0.25) is 5.02 Å². The Labute approximate surface area is 93.2 Å². The van der Waals surface area contributed by atoms with E-state index in [1.54, 1.807) is 0 Å². The number of halogens is 4. The van der Waals surface area contributed by atoms with Crippen molar-refractivity contribution >= 4 is 33.3 Å². The van der Waals surface area contributed by atoms with Gasteiger partial charge in [-0.15, -0.1) is 0 Å². The molecule has 0 saturated heterocycles. The van der Waals surface area contributed by atoms with Gasteiger partial charge >= 0.3 is 5.92 Å². The number of benzene rings is 1. The van der Waals surface area contributed by atoms with Crippen LogP contribution in [0.4, 0.5) is 8.78 Å². The van der Waals surface area contributed by atoms with Crippen molar-refractivity contribution in [3.05, 3.63) is 33.3 Å². The van der Waals surface area contributed by atoms with Gasteiger partial charge in [-0.25, -0.2) is 0 Å². The molecule has 0 N–H and O–H groups in total. The van der Waals surface area contributed by atoms with Crippen molar-refractivity contribution in [2.24, 2.45) is 0 Å². The average Bonchev–Trinajstić information content (AvgIpc) is 2.02. The largest absolute Gasteiger partial charge is 0.331 e. The number of rotatable bonds is 2. The van der Waals surface area contributed by atoms with E-state index < -0.39 is 17.3 Å². The molecule has 0 radical (unpaired) electrons. The zero-order chi connectivity index (χ0) is 10.9. The molecular formula is C9H6BrClF2O. The van der Waals surface area contributed by atoms with Crippen molar-refractivity contribution < 1.29 is 13.6 Å². The van der Waals surface area contributed by atoms with Crippen LogP contribution >= 0.6 is 27.5 Å². The van der Waals surface area contributed by atoms with Gasteiger partial charge in [0.25, 0.3) is 0 Å².